The summed E-state index contributed by atoms with van der Waals surface area (Å²) in [6.07, 6.45) is 0.0404. The van der Waals surface area contributed by atoms with Crippen LogP contribution in [0.15, 0.2) is 24.3 Å². The summed E-state index contributed by atoms with van der Waals surface area (Å²) < 4.78 is 5.65. The summed E-state index contributed by atoms with van der Waals surface area (Å²) in [6, 6.07) is 7.93. The highest BCUT2D eigenvalue weighted by atomic mass is 32.1. The lowest BCUT2D eigenvalue weighted by Gasteiger charge is -2.03. The minimum Gasteiger partial charge on any atom is -0.492 e. The summed E-state index contributed by atoms with van der Waals surface area (Å²) in [5.41, 5.74) is 1.95. The topological polar surface area (TPSA) is 59.4 Å². The van der Waals surface area contributed by atoms with Gasteiger partial charge in [-0.15, -0.1) is 11.3 Å². The molecule has 0 radical (unpaired) electrons. The minimum absolute atomic E-state index is 0.0404. The molecule has 98 valence electrons. The van der Waals surface area contributed by atoms with Crippen LogP contribution >= 0.6 is 11.3 Å². The first kappa shape index (κ1) is 12.2. The molecule has 2 aromatic rings. The number of fused-ring (bicyclic) bond motifs is 1. The standard InChI is InChI=1S/C14H13NO3S/c1-8-12(6-13(16)17)19-14(15-8)10-7-18-11-5-3-2-4-9(10)11/h2-5,10H,6-7H2,1H3,(H,16,17). The smallest absolute Gasteiger partial charge is 0.308 e. The number of nitrogens with zero attached hydrogens (tertiary/aromatic N) is 1. The van der Waals surface area contributed by atoms with Crippen LogP contribution in [0, 0.1) is 6.92 Å². The Kier molecular flexibility index (Phi) is 2.98. The molecular weight excluding hydrogens is 262 g/mol. The van der Waals surface area contributed by atoms with Gasteiger partial charge in [-0.25, -0.2) is 4.98 Å². The number of hydrogen-bond donors (Lipinski definition) is 1. The van der Waals surface area contributed by atoms with Crippen LogP contribution in [0.2, 0.25) is 0 Å². The summed E-state index contributed by atoms with van der Waals surface area (Å²) in [7, 11) is 0. The Morgan fingerprint density at radius 3 is 3.11 bits per heavy atom. The molecule has 0 bridgehead atoms. The molecule has 0 saturated heterocycles. The maximum atomic E-state index is 10.8. The van der Waals surface area contributed by atoms with Crippen molar-refractivity contribution >= 4 is 17.3 Å². The Bertz CT molecular complexity index is 635. The van der Waals surface area contributed by atoms with Gasteiger partial charge in [-0.2, -0.15) is 0 Å². The van der Waals surface area contributed by atoms with Gasteiger partial charge in [0.05, 0.1) is 18.0 Å². The third-order valence-corrected chi connectivity index (χ3v) is 4.49. The molecule has 1 unspecified atom stereocenters. The van der Waals surface area contributed by atoms with E-state index in [2.05, 4.69) is 4.98 Å². The zero-order valence-electron chi connectivity index (χ0n) is 10.4. The summed E-state index contributed by atoms with van der Waals surface area (Å²) >= 11 is 1.48. The highest BCUT2D eigenvalue weighted by molar-refractivity contribution is 7.12. The number of carboxylic acids is 1. The van der Waals surface area contributed by atoms with E-state index in [1.807, 2.05) is 31.2 Å². The molecule has 1 atom stereocenters. The Morgan fingerprint density at radius 2 is 2.32 bits per heavy atom. The molecule has 19 heavy (non-hydrogen) atoms. The van der Waals surface area contributed by atoms with Crippen LogP contribution in [0.5, 0.6) is 5.75 Å². The number of rotatable bonds is 3. The van der Waals surface area contributed by atoms with E-state index in [-0.39, 0.29) is 12.3 Å². The van der Waals surface area contributed by atoms with E-state index in [0.29, 0.717) is 6.61 Å². The van der Waals surface area contributed by atoms with Crippen LogP contribution in [0.25, 0.3) is 0 Å². The van der Waals surface area contributed by atoms with Gasteiger partial charge in [0.2, 0.25) is 0 Å². The maximum absolute atomic E-state index is 10.8. The van der Waals surface area contributed by atoms with Gasteiger partial charge in [-0.05, 0) is 13.0 Å². The molecule has 3 rings (SSSR count). The second-order valence-corrected chi connectivity index (χ2v) is 5.65. The molecule has 1 aromatic carbocycles. The summed E-state index contributed by atoms with van der Waals surface area (Å²) in [6.45, 7) is 2.44. The minimum atomic E-state index is -0.818. The average Bonchev–Trinajstić information content (AvgIpc) is 2.93. The third kappa shape index (κ3) is 2.21. The van der Waals surface area contributed by atoms with Crippen LogP contribution < -0.4 is 4.74 Å². The second kappa shape index (κ2) is 4.66. The fourth-order valence-electron chi connectivity index (χ4n) is 2.27. The van der Waals surface area contributed by atoms with Gasteiger partial charge in [0.1, 0.15) is 17.4 Å². The number of carboxylic acid groups (broad SMARTS) is 1. The maximum Gasteiger partial charge on any atom is 0.308 e. The Morgan fingerprint density at radius 1 is 1.53 bits per heavy atom. The van der Waals surface area contributed by atoms with Crippen LogP contribution in [0.1, 0.15) is 27.1 Å². The van der Waals surface area contributed by atoms with E-state index in [4.69, 9.17) is 9.84 Å². The normalized spacial score (nSPS) is 17.0. The lowest BCUT2D eigenvalue weighted by molar-refractivity contribution is -0.136. The third-order valence-electron chi connectivity index (χ3n) is 3.22. The lowest BCUT2D eigenvalue weighted by atomic mass is 10.0. The fourth-order valence-corrected chi connectivity index (χ4v) is 3.43. The van der Waals surface area contributed by atoms with Gasteiger partial charge in [0, 0.05) is 10.4 Å². The molecule has 0 aliphatic carbocycles. The molecule has 0 spiro atoms. The molecule has 5 heteroatoms. The molecule has 4 nitrogen and oxygen atoms in total. The number of carbonyl (C=O) groups is 1. The predicted molar refractivity (Wildman–Crippen MR) is 72.0 cm³/mol. The van der Waals surface area contributed by atoms with Gasteiger partial charge < -0.3 is 9.84 Å². The quantitative estimate of drug-likeness (QED) is 0.935. The van der Waals surface area contributed by atoms with Crippen LogP contribution in [0.3, 0.4) is 0 Å². The molecule has 2 heterocycles. The summed E-state index contributed by atoms with van der Waals surface area (Å²) in [5, 5.41) is 9.82. The van der Waals surface area contributed by atoms with E-state index < -0.39 is 5.97 Å². The van der Waals surface area contributed by atoms with Crippen molar-refractivity contribution in [2.75, 3.05) is 6.61 Å². The number of thiazole rings is 1. The molecule has 0 fully saturated rings. The highest BCUT2D eigenvalue weighted by Gasteiger charge is 2.28. The van der Waals surface area contributed by atoms with Crippen molar-refractivity contribution in [3.8, 4) is 5.75 Å². The first-order chi connectivity index (χ1) is 9.15. The molecular formula is C14H13NO3S. The van der Waals surface area contributed by atoms with Crippen LogP contribution in [0.4, 0.5) is 0 Å². The molecule has 1 aromatic heterocycles. The Labute approximate surface area is 114 Å². The van der Waals surface area contributed by atoms with Gasteiger partial charge in [-0.3, -0.25) is 4.79 Å². The SMILES string of the molecule is Cc1nc(C2COc3ccccc32)sc1CC(=O)O. The van der Waals surface area contributed by atoms with Crippen molar-refractivity contribution in [3.05, 3.63) is 45.4 Å². The van der Waals surface area contributed by atoms with Crippen molar-refractivity contribution in [1.29, 1.82) is 0 Å². The number of aromatic nitrogens is 1. The van der Waals surface area contributed by atoms with E-state index in [1.54, 1.807) is 0 Å². The van der Waals surface area contributed by atoms with Crippen molar-refractivity contribution in [1.82, 2.24) is 4.98 Å². The zero-order chi connectivity index (χ0) is 13.4. The molecule has 1 aliphatic heterocycles. The van der Waals surface area contributed by atoms with Crippen molar-refractivity contribution in [2.45, 2.75) is 19.3 Å². The van der Waals surface area contributed by atoms with Crippen LogP contribution in [-0.4, -0.2) is 22.7 Å². The van der Waals surface area contributed by atoms with Crippen molar-refractivity contribution < 1.29 is 14.6 Å². The molecule has 1 aliphatic rings. The molecule has 0 amide bonds. The van der Waals surface area contributed by atoms with Gasteiger partial charge >= 0.3 is 5.97 Å². The lowest BCUT2D eigenvalue weighted by Crippen LogP contribution is -2.01. The van der Waals surface area contributed by atoms with Gasteiger partial charge in [0.15, 0.2) is 0 Å². The number of aryl methyl sites for hydroxylation is 1. The van der Waals surface area contributed by atoms with Crippen molar-refractivity contribution in [3.63, 3.8) is 0 Å². The largest absolute Gasteiger partial charge is 0.492 e. The van der Waals surface area contributed by atoms with E-state index in [1.165, 1.54) is 11.3 Å². The first-order valence-corrected chi connectivity index (χ1v) is 6.86. The van der Waals surface area contributed by atoms with Gasteiger partial charge in [0.25, 0.3) is 0 Å². The van der Waals surface area contributed by atoms with Gasteiger partial charge in [-0.1, -0.05) is 18.2 Å². The monoisotopic (exact) mass is 275 g/mol. The molecule has 1 N–H and O–H groups in total. The van der Waals surface area contributed by atoms with Crippen LogP contribution in [-0.2, 0) is 11.2 Å². The van der Waals surface area contributed by atoms with E-state index in [0.717, 1.165) is 26.9 Å². The summed E-state index contributed by atoms with van der Waals surface area (Å²) in [4.78, 5) is 16.1. The van der Waals surface area contributed by atoms with Crippen molar-refractivity contribution in [2.24, 2.45) is 0 Å². The number of benzene rings is 1. The first-order valence-electron chi connectivity index (χ1n) is 6.05. The second-order valence-electron chi connectivity index (χ2n) is 4.53. The highest BCUT2D eigenvalue weighted by Crippen LogP contribution is 2.39. The predicted octanol–water partition coefficient (Wildman–Crippen LogP) is 2.60. The number of aliphatic carboxylic acids is 1. The van der Waals surface area contributed by atoms with E-state index >= 15 is 0 Å². The number of hydrogen-bond acceptors (Lipinski definition) is 4. The summed E-state index contributed by atoms with van der Waals surface area (Å²) in [5.74, 6) is 0.212. The fraction of sp³-hybridized carbons (Fsp3) is 0.286. The Balaban J connectivity index is 1.94. The number of para-hydroxylation sites is 1. The average molecular weight is 275 g/mol. The zero-order valence-corrected chi connectivity index (χ0v) is 11.2. The Hall–Kier alpha value is -1.88. The molecule has 0 saturated carbocycles. The van der Waals surface area contributed by atoms with E-state index in [9.17, 15) is 4.79 Å². The number of ether oxygens (including phenoxy) is 1.